The zero-order valence-electron chi connectivity index (χ0n) is 16.9. The first-order valence-electron chi connectivity index (χ1n) is 10.3. The van der Waals surface area contributed by atoms with Crippen molar-refractivity contribution in [1.82, 2.24) is 13.8 Å². The monoisotopic (exact) mass is 473 g/mol. The number of carbonyl (C=O) groups excluding carboxylic acids is 1. The molecule has 0 unspecified atom stereocenters. The van der Waals surface area contributed by atoms with Crippen LogP contribution >= 0.6 is 23.1 Å². The molecule has 1 fully saturated rings. The molecule has 31 heavy (non-hydrogen) atoms. The van der Waals surface area contributed by atoms with Gasteiger partial charge in [-0.15, -0.1) is 11.3 Å². The number of piperazine rings is 1. The fourth-order valence-electron chi connectivity index (χ4n) is 4.12. The first-order chi connectivity index (χ1) is 15.1. The number of sulfonamides is 1. The third kappa shape index (κ3) is 3.84. The lowest BCUT2D eigenvalue weighted by Crippen LogP contribution is -2.50. The molecular weight excluding hydrogens is 450 g/mol. The highest BCUT2D eigenvalue weighted by atomic mass is 32.2. The molecular formula is C22H23N3O3S3. The van der Waals surface area contributed by atoms with E-state index in [1.807, 2.05) is 45.8 Å². The molecule has 0 saturated carbocycles. The maximum absolute atomic E-state index is 13.6. The molecule has 4 heterocycles. The molecule has 162 valence electrons. The second kappa shape index (κ2) is 8.46. The highest BCUT2D eigenvalue weighted by Crippen LogP contribution is 2.39. The molecule has 6 nitrogen and oxygen atoms in total. The summed E-state index contributed by atoms with van der Waals surface area (Å²) in [6, 6.07) is 12.4. The number of hydrogen-bond acceptors (Lipinski definition) is 5. The van der Waals surface area contributed by atoms with Crippen LogP contribution in [0.1, 0.15) is 20.8 Å². The molecule has 3 aromatic rings. The van der Waals surface area contributed by atoms with E-state index in [4.69, 9.17) is 0 Å². The van der Waals surface area contributed by atoms with Crippen molar-refractivity contribution < 1.29 is 13.2 Å². The Labute approximate surface area is 190 Å². The molecule has 1 saturated heterocycles. The summed E-state index contributed by atoms with van der Waals surface area (Å²) in [6.07, 6.45) is 4.86. The van der Waals surface area contributed by atoms with Crippen LogP contribution in [0.4, 0.5) is 0 Å². The van der Waals surface area contributed by atoms with E-state index in [2.05, 4.69) is 0 Å². The lowest BCUT2D eigenvalue weighted by molar-refractivity contribution is 0.0697. The Balaban J connectivity index is 1.39. The molecule has 0 aliphatic carbocycles. The molecule has 9 heteroatoms. The van der Waals surface area contributed by atoms with Crippen molar-refractivity contribution in [3.05, 3.63) is 70.9 Å². The standard InChI is InChI=1S/C22H23N3O3S3/c26-21(20-18-8-15-29-16-19(18)30-22(20)24-9-4-5-10-24)23-11-13-25(14-12-23)31(27,28)17-6-2-1-3-7-17/h1-7,9-10H,8,11-16H2. The van der Waals surface area contributed by atoms with Crippen LogP contribution in [0.5, 0.6) is 0 Å². The lowest BCUT2D eigenvalue weighted by atomic mass is 10.1. The zero-order chi connectivity index (χ0) is 21.4. The SMILES string of the molecule is O=C(c1c(-n2cccc2)sc2c1CCSC2)N1CCN(S(=O)(=O)c2ccccc2)CC1. The third-order valence-corrected chi connectivity index (χ3v) is 10.1. The molecule has 0 atom stereocenters. The van der Waals surface area contributed by atoms with Gasteiger partial charge >= 0.3 is 0 Å². The number of thioether (sulfide) groups is 1. The minimum atomic E-state index is -3.53. The number of benzene rings is 1. The Morgan fingerprint density at radius 3 is 2.35 bits per heavy atom. The van der Waals surface area contributed by atoms with Crippen molar-refractivity contribution in [3.63, 3.8) is 0 Å². The van der Waals surface area contributed by atoms with E-state index in [0.29, 0.717) is 31.1 Å². The largest absolute Gasteiger partial charge is 0.336 e. The number of rotatable bonds is 4. The Morgan fingerprint density at radius 2 is 1.65 bits per heavy atom. The zero-order valence-corrected chi connectivity index (χ0v) is 19.4. The smallest absolute Gasteiger partial charge is 0.257 e. The quantitative estimate of drug-likeness (QED) is 0.582. The lowest BCUT2D eigenvalue weighted by Gasteiger charge is -2.34. The van der Waals surface area contributed by atoms with Crippen molar-refractivity contribution in [2.24, 2.45) is 0 Å². The summed E-state index contributed by atoms with van der Waals surface area (Å²) >= 11 is 3.61. The maximum Gasteiger partial charge on any atom is 0.257 e. The van der Waals surface area contributed by atoms with Crippen molar-refractivity contribution in [2.45, 2.75) is 17.1 Å². The summed E-state index contributed by atoms with van der Waals surface area (Å²) < 4.78 is 29.3. The summed E-state index contributed by atoms with van der Waals surface area (Å²) in [7, 11) is -3.53. The van der Waals surface area contributed by atoms with E-state index in [1.54, 1.807) is 41.7 Å². The Hall–Kier alpha value is -2.07. The molecule has 0 radical (unpaired) electrons. The van der Waals surface area contributed by atoms with E-state index in [9.17, 15) is 13.2 Å². The average Bonchev–Trinajstić information content (AvgIpc) is 3.47. The fourth-order valence-corrected chi connectivity index (χ4v) is 8.00. The third-order valence-electron chi connectivity index (χ3n) is 5.76. The molecule has 5 rings (SSSR count). The first-order valence-corrected chi connectivity index (χ1v) is 13.7. The van der Waals surface area contributed by atoms with Crippen LogP contribution in [0.25, 0.3) is 5.00 Å². The second-order valence-electron chi connectivity index (χ2n) is 7.59. The molecule has 0 N–H and O–H groups in total. The fraction of sp³-hybridized carbons (Fsp3) is 0.318. The van der Waals surface area contributed by atoms with E-state index in [-0.39, 0.29) is 5.91 Å². The summed E-state index contributed by atoms with van der Waals surface area (Å²) in [6.45, 7) is 1.42. The van der Waals surface area contributed by atoms with Gasteiger partial charge in [-0.2, -0.15) is 16.1 Å². The van der Waals surface area contributed by atoms with Crippen LogP contribution < -0.4 is 0 Å². The topological polar surface area (TPSA) is 62.6 Å². The van der Waals surface area contributed by atoms with Crippen molar-refractivity contribution in [2.75, 3.05) is 31.9 Å². The summed E-state index contributed by atoms with van der Waals surface area (Å²) in [5, 5.41) is 0.974. The van der Waals surface area contributed by atoms with Gasteiger partial charge in [-0.05, 0) is 42.0 Å². The molecule has 0 bridgehead atoms. The van der Waals surface area contributed by atoms with Crippen LogP contribution in [0.15, 0.2) is 59.8 Å². The maximum atomic E-state index is 13.6. The normalized spacial score (nSPS) is 17.5. The molecule has 2 aromatic heterocycles. The van der Waals surface area contributed by atoms with E-state index in [1.165, 1.54) is 14.7 Å². The van der Waals surface area contributed by atoms with E-state index >= 15 is 0 Å². The summed E-state index contributed by atoms with van der Waals surface area (Å²) in [4.78, 5) is 17.0. The van der Waals surface area contributed by atoms with Crippen molar-refractivity contribution >= 4 is 39.0 Å². The van der Waals surface area contributed by atoms with Gasteiger partial charge in [-0.25, -0.2) is 8.42 Å². The van der Waals surface area contributed by atoms with Crippen LogP contribution in [-0.2, 0) is 22.2 Å². The minimum absolute atomic E-state index is 0.0184. The number of hydrogen-bond donors (Lipinski definition) is 0. The Bertz CT molecular complexity index is 1180. The number of carbonyl (C=O) groups is 1. The number of amides is 1. The van der Waals surface area contributed by atoms with Gasteiger partial charge in [-0.3, -0.25) is 4.79 Å². The molecule has 2 aliphatic rings. The predicted octanol–water partition coefficient (Wildman–Crippen LogP) is 3.47. The summed E-state index contributed by atoms with van der Waals surface area (Å²) in [5.74, 6) is 1.99. The second-order valence-corrected chi connectivity index (χ2v) is 11.7. The molecule has 2 aliphatic heterocycles. The van der Waals surface area contributed by atoms with E-state index < -0.39 is 10.0 Å². The number of aromatic nitrogens is 1. The number of thiophene rings is 1. The van der Waals surface area contributed by atoms with Crippen LogP contribution in [-0.4, -0.2) is 60.0 Å². The van der Waals surface area contributed by atoms with Gasteiger partial charge in [0.15, 0.2) is 0 Å². The van der Waals surface area contributed by atoms with E-state index in [0.717, 1.165) is 28.5 Å². The van der Waals surface area contributed by atoms with Gasteiger partial charge in [0.2, 0.25) is 10.0 Å². The van der Waals surface area contributed by atoms with Crippen LogP contribution in [0.2, 0.25) is 0 Å². The number of fused-ring (bicyclic) bond motifs is 1. The van der Waals surface area contributed by atoms with Gasteiger partial charge in [-0.1, -0.05) is 18.2 Å². The Kier molecular flexibility index (Phi) is 5.68. The predicted molar refractivity (Wildman–Crippen MR) is 125 cm³/mol. The summed E-state index contributed by atoms with van der Waals surface area (Å²) in [5.41, 5.74) is 1.98. The van der Waals surface area contributed by atoms with Gasteiger partial charge in [0, 0.05) is 49.2 Å². The highest BCUT2D eigenvalue weighted by Gasteiger charge is 2.34. The van der Waals surface area contributed by atoms with Crippen molar-refractivity contribution in [3.8, 4) is 5.00 Å². The van der Waals surface area contributed by atoms with Gasteiger partial charge in [0.25, 0.3) is 5.91 Å². The molecule has 1 aromatic carbocycles. The minimum Gasteiger partial charge on any atom is -0.336 e. The van der Waals surface area contributed by atoms with Crippen molar-refractivity contribution in [1.29, 1.82) is 0 Å². The van der Waals surface area contributed by atoms with Crippen LogP contribution in [0, 0.1) is 0 Å². The van der Waals surface area contributed by atoms with Gasteiger partial charge in [0.1, 0.15) is 5.00 Å². The number of nitrogens with zero attached hydrogens (tertiary/aromatic N) is 3. The highest BCUT2D eigenvalue weighted by molar-refractivity contribution is 7.98. The molecule has 0 spiro atoms. The van der Waals surface area contributed by atoms with Gasteiger partial charge in [0.05, 0.1) is 10.5 Å². The first kappa shape index (κ1) is 20.8. The van der Waals surface area contributed by atoms with Crippen LogP contribution in [0.3, 0.4) is 0 Å². The molecule has 1 amide bonds. The Morgan fingerprint density at radius 1 is 0.935 bits per heavy atom. The van der Waals surface area contributed by atoms with Gasteiger partial charge < -0.3 is 9.47 Å². The average molecular weight is 474 g/mol.